The fourth-order valence-electron chi connectivity index (χ4n) is 1.39. The molecule has 1 N–H and O–H groups in total. The number of carbonyl (C=O) groups excluding carboxylic acids is 1. The fraction of sp³-hybridized carbons (Fsp3) is 0.400. The lowest BCUT2D eigenvalue weighted by atomic mass is 10.3. The molecule has 2 aromatic rings. The van der Waals surface area contributed by atoms with Crippen molar-refractivity contribution in [1.29, 1.82) is 0 Å². The van der Waals surface area contributed by atoms with Gasteiger partial charge in [-0.3, -0.25) is 0 Å². The zero-order valence-electron chi connectivity index (χ0n) is 9.56. The molecular formula is C10H12N4O2S. The summed E-state index contributed by atoms with van der Waals surface area (Å²) in [5.41, 5.74) is 1.15. The molecule has 7 heteroatoms. The van der Waals surface area contributed by atoms with Crippen LogP contribution in [0.1, 0.15) is 23.5 Å². The molecule has 0 aromatic carbocycles. The van der Waals surface area contributed by atoms with E-state index in [0.717, 1.165) is 18.1 Å². The first kappa shape index (κ1) is 11.7. The normalized spacial score (nSPS) is 10.5. The van der Waals surface area contributed by atoms with Crippen LogP contribution >= 0.6 is 11.5 Å². The van der Waals surface area contributed by atoms with E-state index in [0.29, 0.717) is 28.3 Å². The van der Waals surface area contributed by atoms with Crippen molar-refractivity contribution < 1.29 is 9.53 Å². The Balaban J connectivity index is 2.47. The summed E-state index contributed by atoms with van der Waals surface area (Å²) in [5.74, 6) is 0.255. The van der Waals surface area contributed by atoms with E-state index in [1.807, 2.05) is 6.92 Å². The Kier molecular flexibility index (Phi) is 3.48. The summed E-state index contributed by atoms with van der Waals surface area (Å²) in [5, 5.41) is 3.08. The number of ether oxygens (including phenoxy) is 1. The minimum atomic E-state index is -0.388. The zero-order chi connectivity index (χ0) is 12.3. The molecule has 0 spiro atoms. The molecule has 0 saturated heterocycles. The summed E-state index contributed by atoms with van der Waals surface area (Å²) in [6, 6.07) is 0. The fourth-order valence-corrected chi connectivity index (χ4v) is 2.12. The van der Waals surface area contributed by atoms with Gasteiger partial charge >= 0.3 is 5.97 Å². The lowest BCUT2D eigenvalue weighted by molar-refractivity contribution is 0.0534. The Labute approximate surface area is 102 Å². The molecule has 2 aromatic heterocycles. The number of aromatic nitrogens is 3. The van der Waals surface area contributed by atoms with Crippen molar-refractivity contribution >= 4 is 34.4 Å². The third kappa shape index (κ3) is 2.19. The van der Waals surface area contributed by atoms with Gasteiger partial charge in [0.05, 0.1) is 6.61 Å². The van der Waals surface area contributed by atoms with E-state index >= 15 is 0 Å². The van der Waals surface area contributed by atoms with Gasteiger partial charge in [0.15, 0.2) is 10.7 Å². The van der Waals surface area contributed by atoms with Crippen LogP contribution in [0.25, 0.3) is 11.0 Å². The summed E-state index contributed by atoms with van der Waals surface area (Å²) < 4.78 is 9.14. The van der Waals surface area contributed by atoms with E-state index in [-0.39, 0.29) is 5.97 Å². The van der Waals surface area contributed by atoms with E-state index in [2.05, 4.69) is 19.7 Å². The SMILES string of the molecule is CCNc1ncnc2c(C(=O)OCC)snc12. The zero-order valence-corrected chi connectivity index (χ0v) is 10.4. The van der Waals surface area contributed by atoms with Crippen molar-refractivity contribution in [1.82, 2.24) is 14.3 Å². The molecule has 0 aliphatic heterocycles. The Bertz CT molecular complexity index is 540. The van der Waals surface area contributed by atoms with E-state index in [1.54, 1.807) is 6.92 Å². The molecule has 0 amide bonds. The molecule has 0 fully saturated rings. The van der Waals surface area contributed by atoms with Crippen LogP contribution < -0.4 is 5.32 Å². The highest BCUT2D eigenvalue weighted by Crippen LogP contribution is 2.25. The minimum Gasteiger partial charge on any atom is -0.462 e. The third-order valence-corrected chi connectivity index (χ3v) is 2.89. The maximum atomic E-state index is 11.7. The number of nitrogens with zero attached hydrogens (tertiary/aromatic N) is 3. The predicted octanol–water partition coefficient (Wildman–Crippen LogP) is 1.69. The number of fused-ring (bicyclic) bond motifs is 1. The molecule has 0 bridgehead atoms. The highest BCUT2D eigenvalue weighted by molar-refractivity contribution is 7.09. The summed E-state index contributed by atoms with van der Waals surface area (Å²) in [6.45, 7) is 4.80. The van der Waals surface area contributed by atoms with Crippen molar-refractivity contribution in [2.45, 2.75) is 13.8 Å². The molecule has 0 aliphatic carbocycles. The summed E-state index contributed by atoms with van der Waals surface area (Å²) >= 11 is 1.08. The first-order chi connectivity index (χ1) is 8.27. The molecule has 0 unspecified atom stereocenters. The Morgan fingerprint density at radius 1 is 1.41 bits per heavy atom. The molecule has 0 saturated carbocycles. The van der Waals surface area contributed by atoms with Crippen molar-refractivity contribution in [3.05, 3.63) is 11.2 Å². The molecule has 2 rings (SSSR count). The van der Waals surface area contributed by atoms with Crippen LogP contribution in [0.15, 0.2) is 6.33 Å². The number of esters is 1. The van der Waals surface area contributed by atoms with E-state index < -0.39 is 0 Å². The van der Waals surface area contributed by atoms with Crippen molar-refractivity contribution in [3.63, 3.8) is 0 Å². The van der Waals surface area contributed by atoms with Crippen LogP contribution in [-0.4, -0.2) is 33.5 Å². The maximum absolute atomic E-state index is 11.7. The van der Waals surface area contributed by atoms with Gasteiger partial charge in [0, 0.05) is 6.54 Å². The van der Waals surface area contributed by atoms with Crippen molar-refractivity contribution in [2.24, 2.45) is 0 Å². The molecule has 0 radical (unpaired) electrons. The topological polar surface area (TPSA) is 77.0 Å². The maximum Gasteiger partial charge on any atom is 0.352 e. The third-order valence-electron chi connectivity index (χ3n) is 2.07. The summed E-state index contributed by atoms with van der Waals surface area (Å²) in [7, 11) is 0. The second kappa shape index (κ2) is 5.05. The number of hydrogen-bond donors (Lipinski definition) is 1. The number of carbonyl (C=O) groups is 1. The highest BCUT2D eigenvalue weighted by atomic mass is 32.1. The molecular weight excluding hydrogens is 240 g/mol. The molecule has 6 nitrogen and oxygen atoms in total. The van der Waals surface area contributed by atoms with E-state index in [9.17, 15) is 4.79 Å². The molecule has 0 aliphatic rings. The quantitative estimate of drug-likeness (QED) is 0.834. The average molecular weight is 252 g/mol. The van der Waals surface area contributed by atoms with Gasteiger partial charge in [-0.05, 0) is 25.4 Å². The molecule has 2 heterocycles. The van der Waals surface area contributed by atoms with Crippen LogP contribution in [0.2, 0.25) is 0 Å². The second-order valence-corrected chi connectivity index (χ2v) is 3.96. The monoisotopic (exact) mass is 252 g/mol. The van der Waals surface area contributed by atoms with Gasteiger partial charge < -0.3 is 10.1 Å². The second-order valence-electron chi connectivity index (χ2n) is 3.18. The van der Waals surface area contributed by atoms with Crippen LogP contribution in [0.4, 0.5) is 5.82 Å². The first-order valence-corrected chi connectivity index (χ1v) is 6.06. The summed E-state index contributed by atoms with van der Waals surface area (Å²) in [6.07, 6.45) is 1.41. The predicted molar refractivity (Wildman–Crippen MR) is 65.3 cm³/mol. The van der Waals surface area contributed by atoms with Crippen LogP contribution in [0.5, 0.6) is 0 Å². The van der Waals surface area contributed by atoms with E-state index in [4.69, 9.17) is 4.74 Å². The number of rotatable bonds is 4. The number of hydrogen-bond acceptors (Lipinski definition) is 7. The Morgan fingerprint density at radius 3 is 2.94 bits per heavy atom. The van der Waals surface area contributed by atoms with Gasteiger partial charge in [0.1, 0.15) is 17.4 Å². The minimum absolute atomic E-state index is 0.337. The van der Waals surface area contributed by atoms with Crippen LogP contribution in [-0.2, 0) is 4.74 Å². The summed E-state index contributed by atoms with van der Waals surface area (Å²) in [4.78, 5) is 20.2. The average Bonchev–Trinajstić information content (AvgIpc) is 2.74. The van der Waals surface area contributed by atoms with Crippen molar-refractivity contribution in [3.8, 4) is 0 Å². The first-order valence-electron chi connectivity index (χ1n) is 5.29. The lowest BCUT2D eigenvalue weighted by Crippen LogP contribution is -2.04. The lowest BCUT2D eigenvalue weighted by Gasteiger charge is -2.01. The number of nitrogens with one attached hydrogen (secondary N) is 1. The van der Waals surface area contributed by atoms with Gasteiger partial charge in [-0.2, -0.15) is 4.37 Å². The van der Waals surface area contributed by atoms with Crippen molar-refractivity contribution in [2.75, 3.05) is 18.5 Å². The van der Waals surface area contributed by atoms with Crippen LogP contribution in [0.3, 0.4) is 0 Å². The van der Waals surface area contributed by atoms with Gasteiger partial charge in [-0.1, -0.05) is 0 Å². The van der Waals surface area contributed by atoms with E-state index in [1.165, 1.54) is 6.33 Å². The smallest absolute Gasteiger partial charge is 0.352 e. The molecule has 0 atom stereocenters. The van der Waals surface area contributed by atoms with Gasteiger partial charge in [0.2, 0.25) is 0 Å². The largest absolute Gasteiger partial charge is 0.462 e. The van der Waals surface area contributed by atoms with Gasteiger partial charge in [-0.15, -0.1) is 0 Å². The van der Waals surface area contributed by atoms with Gasteiger partial charge in [-0.25, -0.2) is 14.8 Å². The van der Waals surface area contributed by atoms with Crippen LogP contribution in [0, 0.1) is 0 Å². The molecule has 17 heavy (non-hydrogen) atoms. The number of anilines is 1. The highest BCUT2D eigenvalue weighted by Gasteiger charge is 2.18. The molecule has 90 valence electrons. The van der Waals surface area contributed by atoms with Gasteiger partial charge in [0.25, 0.3) is 0 Å². The Morgan fingerprint density at radius 2 is 2.24 bits per heavy atom. The standard InChI is InChI=1S/C10H12N4O2S/c1-3-11-9-7-6(12-5-13-9)8(17-14-7)10(15)16-4-2/h5H,3-4H2,1-2H3,(H,11,12,13). The Hall–Kier alpha value is -1.76.